The van der Waals surface area contributed by atoms with Gasteiger partial charge in [-0.15, -0.1) is 0 Å². The molecule has 0 aliphatic heterocycles. The fraction of sp³-hybridized carbons (Fsp3) is 0.438. The Kier molecular flexibility index (Phi) is 5.33. The monoisotopic (exact) mass is 291 g/mol. The Morgan fingerprint density at radius 3 is 2.86 bits per heavy atom. The average molecular weight is 291 g/mol. The van der Waals surface area contributed by atoms with E-state index in [0.29, 0.717) is 18.8 Å². The number of ether oxygens (including phenoxy) is 1. The highest BCUT2D eigenvalue weighted by Crippen LogP contribution is 2.22. The summed E-state index contributed by atoms with van der Waals surface area (Å²) in [5.74, 6) is 0.453. The second-order valence-electron chi connectivity index (χ2n) is 5.17. The molecular weight excluding hydrogens is 269 g/mol. The first-order chi connectivity index (χ1) is 10.1. The summed E-state index contributed by atoms with van der Waals surface area (Å²) in [6.07, 6.45) is 3.99. The molecule has 2 aromatic rings. The van der Waals surface area contributed by atoms with E-state index in [0.717, 1.165) is 24.1 Å². The lowest BCUT2D eigenvalue weighted by Gasteiger charge is -2.14. The predicted molar refractivity (Wildman–Crippen MR) is 80.8 cm³/mol. The number of rotatable bonds is 7. The van der Waals surface area contributed by atoms with Crippen LogP contribution in [0.1, 0.15) is 24.6 Å². The van der Waals surface area contributed by atoms with Crippen LogP contribution in [0.15, 0.2) is 30.5 Å². The molecule has 1 aromatic heterocycles. The van der Waals surface area contributed by atoms with Crippen molar-refractivity contribution in [3.63, 3.8) is 0 Å². The average Bonchev–Trinajstić information content (AvgIpc) is 2.86. The van der Waals surface area contributed by atoms with Crippen molar-refractivity contribution in [3.05, 3.63) is 47.5 Å². The lowest BCUT2D eigenvalue weighted by Crippen LogP contribution is -2.22. The van der Waals surface area contributed by atoms with E-state index < -0.39 is 0 Å². The third-order valence-corrected chi connectivity index (χ3v) is 3.57. The van der Waals surface area contributed by atoms with Crippen LogP contribution in [0.25, 0.3) is 0 Å². The first kappa shape index (κ1) is 15.5. The van der Waals surface area contributed by atoms with Gasteiger partial charge in [-0.3, -0.25) is 4.68 Å². The third kappa shape index (κ3) is 4.29. The maximum atomic E-state index is 13.4. The largest absolute Gasteiger partial charge is 0.493 e. The molecule has 21 heavy (non-hydrogen) atoms. The van der Waals surface area contributed by atoms with E-state index in [-0.39, 0.29) is 11.9 Å². The van der Waals surface area contributed by atoms with Crippen molar-refractivity contribution in [2.75, 3.05) is 6.61 Å². The molecule has 0 saturated carbocycles. The fourth-order valence-corrected chi connectivity index (χ4v) is 2.19. The van der Waals surface area contributed by atoms with Crippen LogP contribution in [0.5, 0.6) is 5.75 Å². The molecule has 1 heterocycles. The van der Waals surface area contributed by atoms with Crippen molar-refractivity contribution >= 4 is 0 Å². The van der Waals surface area contributed by atoms with Gasteiger partial charge in [0.1, 0.15) is 11.6 Å². The van der Waals surface area contributed by atoms with Gasteiger partial charge >= 0.3 is 0 Å². The Labute approximate surface area is 124 Å². The molecule has 2 N–H and O–H groups in total. The molecule has 1 unspecified atom stereocenters. The maximum Gasteiger partial charge on any atom is 0.123 e. The van der Waals surface area contributed by atoms with Crippen LogP contribution in [0, 0.1) is 5.82 Å². The Morgan fingerprint density at radius 2 is 2.19 bits per heavy atom. The van der Waals surface area contributed by atoms with Crippen LogP contribution in [0.4, 0.5) is 4.39 Å². The van der Waals surface area contributed by atoms with Gasteiger partial charge in [-0.25, -0.2) is 4.39 Å². The highest BCUT2D eigenvalue weighted by Gasteiger charge is 2.10. The van der Waals surface area contributed by atoms with Gasteiger partial charge in [-0.1, -0.05) is 6.92 Å². The molecule has 0 aliphatic carbocycles. The normalized spacial score (nSPS) is 12.4. The number of hydrogen-bond donors (Lipinski definition) is 1. The molecule has 0 spiro atoms. The van der Waals surface area contributed by atoms with Crippen molar-refractivity contribution in [2.24, 2.45) is 12.8 Å². The standard InChI is InChI=1S/C16H22FN3O/c1-3-14(18)11-12-10-13(17)4-5-16(12)21-9-7-15-6-8-19-20(15)2/h4-6,8,10,14H,3,7,9,11,18H2,1-2H3. The summed E-state index contributed by atoms with van der Waals surface area (Å²) in [6, 6.07) is 6.58. The highest BCUT2D eigenvalue weighted by molar-refractivity contribution is 5.34. The number of halogens is 1. The number of aromatic nitrogens is 2. The molecule has 2 rings (SSSR count). The highest BCUT2D eigenvalue weighted by atomic mass is 19.1. The molecule has 1 atom stereocenters. The topological polar surface area (TPSA) is 53.1 Å². The van der Waals surface area contributed by atoms with E-state index in [1.165, 1.54) is 12.1 Å². The molecule has 0 aliphatic rings. The Balaban J connectivity index is 2.00. The van der Waals surface area contributed by atoms with Crippen molar-refractivity contribution in [3.8, 4) is 5.75 Å². The van der Waals surface area contributed by atoms with Crippen LogP contribution in [0.2, 0.25) is 0 Å². The van der Waals surface area contributed by atoms with E-state index >= 15 is 0 Å². The molecule has 0 amide bonds. The quantitative estimate of drug-likeness (QED) is 0.852. The Bertz CT molecular complexity index is 583. The van der Waals surface area contributed by atoms with Gasteiger partial charge in [0.25, 0.3) is 0 Å². The van der Waals surface area contributed by atoms with Crippen LogP contribution < -0.4 is 10.5 Å². The summed E-state index contributed by atoms with van der Waals surface area (Å²) in [7, 11) is 1.90. The first-order valence-corrected chi connectivity index (χ1v) is 7.23. The van der Waals surface area contributed by atoms with Crippen LogP contribution in [0.3, 0.4) is 0 Å². The van der Waals surface area contributed by atoms with Gasteiger partial charge in [-0.2, -0.15) is 5.10 Å². The molecule has 1 aromatic carbocycles. The summed E-state index contributed by atoms with van der Waals surface area (Å²) in [6.45, 7) is 2.55. The number of nitrogens with two attached hydrogens (primary N) is 1. The number of aryl methyl sites for hydroxylation is 1. The van der Waals surface area contributed by atoms with E-state index in [9.17, 15) is 4.39 Å². The zero-order chi connectivity index (χ0) is 15.2. The Hall–Kier alpha value is -1.88. The molecule has 0 fully saturated rings. The molecule has 0 radical (unpaired) electrons. The molecule has 4 nitrogen and oxygen atoms in total. The summed E-state index contributed by atoms with van der Waals surface area (Å²) < 4.78 is 21.0. The van der Waals surface area contributed by atoms with E-state index in [4.69, 9.17) is 10.5 Å². The molecule has 0 bridgehead atoms. The first-order valence-electron chi connectivity index (χ1n) is 7.23. The molecule has 0 saturated heterocycles. The summed E-state index contributed by atoms with van der Waals surface area (Å²) in [5.41, 5.74) is 7.89. The van der Waals surface area contributed by atoms with Gasteiger partial charge in [0.05, 0.1) is 6.61 Å². The zero-order valence-electron chi connectivity index (χ0n) is 12.6. The number of nitrogens with zero attached hydrogens (tertiary/aromatic N) is 2. The van der Waals surface area contributed by atoms with Crippen molar-refractivity contribution < 1.29 is 9.13 Å². The minimum absolute atomic E-state index is 0.0197. The molecule has 114 valence electrons. The minimum Gasteiger partial charge on any atom is -0.493 e. The van der Waals surface area contributed by atoms with Gasteiger partial charge in [-0.05, 0) is 42.7 Å². The van der Waals surface area contributed by atoms with Crippen molar-refractivity contribution in [1.29, 1.82) is 0 Å². The molecular formula is C16H22FN3O. The van der Waals surface area contributed by atoms with Gasteiger partial charge in [0.15, 0.2) is 0 Å². The predicted octanol–water partition coefficient (Wildman–Crippen LogP) is 2.46. The second kappa shape index (κ2) is 7.22. The summed E-state index contributed by atoms with van der Waals surface area (Å²) in [5, 5.41) is 4.12. The van der Waals surface area contributed by atoms with Gasteiger partial charge < -0.3 is 10.5 Å². The number of hydrogen-bond acceptors (Lipinski definition) is 3. The lowest BCUT2D eigenvalue weighted by atomic mass is 10.0. The molecule has 5 heteroatoms. The second-order valence-corrected chi connectivity index (χ2v) is 5.17. The van der Waals surface area contributed by atoms with E-state index in [1.807, 2.05) is 24.7 Å². The fourth-order valence-electron chi connectivity index (χ4n) is 2.19. The lowest BCUT2D eigenvalue weighted by molar-refractivity contribution is 0.313. The van der Waals surface area contributed by atoms with E-state index in [1.54, 1.807) is 12.3 Å². The summed E-state index contributed by atoms with van der Waals surface area (Å²) in [4.78, 5) is 0. The summed E-state index contributed by atoms with van der Waals surface area (Å²) >= 11 is 0. The van der Waals surface area contributed by atoms with Gasteiger partial charge in [0.2, 0.25) is 0 Å². The SMILES string of the molecule is CCC(N)Cc1cc(F)ccc1OCCc1ccnn1C. The zero-order valence-corrected chi connectivity index (χ0v) is 12.6. The number of benzene rings is 1. The van der Waals surface area contributed by atoms with Crippen molar-refractivity contribution in [2.45, 2.75) is 32.2 Å². The Morgan fingerprint density at radius 1 is 1.38 bits per heavy atom. The third-order valence-electron chi connectivity index (χ3n) is 3.57. The van der Waals surface area contributed by atoms with Crippen LogP contribution in [-0.4, -0.2) is 22.4 Å². The van der Waals surface area contributed by atoms with Gasteiger partial charge in [0, 0.05) is 31.4 Å². The van der Waals surface area contributed by atoms with Crippen LogP contribution >= 0.6 is 0 Å². The van der Waals surface area contributed by atoms with Crippen molar-refractivity contribution in [1.82, 2.24) is 9.78 Å². The van der Waals surface area contributed by atoms with Crippen LogP contribution in [-0.2, 0) is 19.9 Å². The maximum absolute atomic E-state index is 13.4. The smallest absolute Gasteiger partial charge is 0.123 e. The van der Waals surface area contributed by atoms with E-state index in [2.05, 4.69) is 5.10 Å². The minimum atomic E-state index is -0.257.